The van der Waals surface area contributed by atoms with E-state index in [0.29, 0.717) is 0 Å². The van der Waals surface area contributed by atoms with Gasteiger partial charge in [-0.05, 0) is 0 Å². The van der Waals surface area contributed by atoms with Gasteiger partial charge in [-0.15, -0.1) is 0 Å². The minimum atomic E-state index is -0.0988. The van der Waals surface area contributed by atoms with E-state index in [9.17, 15) is 0 Å². The fourth-order valence-corrected chi connectivity index (χ4v) is 0.854. The molecular weight excluding hydrogens is 262 g/mol. The monoisotopic (exact) mass is 278 g/mol. The minimum absolute atomic E-state index is 0.0988. The topological polar surface area (TPSA) is 0 Å². The zero-order valence-corrected chi connectivity index (χ0v) is 11.8. The van der Waals surface area contributed by atoms with Crippen molar-refractivity contribution in [1.29, 1.82) is 0 Å². The first-order chi connectivity index (χ1) is 6.56. The molecule has 0 aliphatic carbocycles. The number of rotatable bonds is 5. The van der Waals surface area contributed by atoms with E-state index in [0.717, 1.165) is 0 Å². The van der Waals surface area contributed by atoms with Crippen LogP contribution in [0.1, 0.15) is 52.4 Å². The lowest BCUT2D eigenvalue weighted by atomic mass is 10.1. The molecule has 0 aromatic heterocycles. The van der Waals surface area contributed by atoms with Crippen LogP contribution in [0.5, 0.6) is 0 Å². The van der Waals surface area contributed by atoms with Gasteiger partial charge in [0.15, 0.2) is 0 Å². The Kier molecular flexibility index (Phi) is 17.2. The van der Waals surface area contributed by atoms with E-state index in [1.54, 1.807) is 0 Å². The highest BCUT2D eigenvalue weighted by Crippen LogP contribution is 2.20. The molecule has 0 atom stereocenters. The van der Waals surface area contributed by atoms with Gasteiger partial charge in [0, 0.05) is 0 Å². The van der Waals surface area contributed by atoms with Crippen molar-refractivity contribution in [1.82, 2.24) is 0 Å². The summed E-state index contributed by atoms with van der Waals surface area (Å²) in [6, 6.07) is 0. The zero-order chi connectivity index (χ0) is 11.4. The number of hydrogen-bond donors (Lipinski definition) is 0. The fourth-order valence-electron chi connectivity index (χ4n) is 0.854. The summed E-state index contributed by atoms with van der Waals surface area (Å²) in [7, 11) is 0. The summed E-state index contributed by atoms with van der Waals surface area (Å²) in [5, 5.41) is 0. The van der Waals surface area contributed by atoms with Crippen LogP contribution in [0.3, 0.4) is 0 Å². The average Bonchev–Trinajstić information content (AvgIpc) is 2.13. The van der Waals surface area contributed by atoms with E-state index in [4.69, 9.17) is 46.4 Å². The van der Waals surface area contributed by atoms with E-state index in [-0.39, 0.29) is 8.98 Å². The first-order valence-electron chi connectivity index (χ1n) is 4.92. The standard InChI is InChI=1S/C8H18.C2Cl4/c1-3-5-7-8-6-4-2;3-1(4)2(5)6/h3-8H2,1-2H3;. The molecule has 4 heteroatoms. The van der Waals surface area contributed by atoms with Crippen LogP contribution in [-0.2, 0) is 0 Å². The van der Waals surface area contributed by atoms with Gasteiger partial charge in [0.25, 0.3) is 0 Å². The lowest BCUT2D eigenvalue weighted by molar-refractivity contribution is 0.624. The van der Waals surface area contributed by atoms with E-state index >= 15 is 0 Å². The largest absolute Gasteiger partial charge is 0.136 e. The first-order valence-corrected chi connectivity index (χ1v) is 6.43. The normalized spacial score (nSPS) is 9.00. The molecule has 0 aromatic rings. The predicted octanol–water partition coefficient (Wildman–Crippen LogP) is 6.44. The SMILES string of the molecule is CCCCCCCC.ClC(Cl)=C(Cl)Cl. The number of halogens is 4. The average molecular weight is 280 g/mol. The van der Waals surface area contributed by atoms with Crippen LogP contribution in [-0.4, -0.2) is 0 Å². The van der Waals surface area contributed by atoms with Gasteiger partial charge in [0.1, 0.15) is 8.98 Å². The molecule has 0 spiro atoms. The van der Waals surface area contributed by atoms with E-state index < -0.39 is 0 Å². The highest BCUT2D eigenvalue weighted by atomic mass is 35.5. The fraction of sp³-hybridized carbons (Fsp3) is 0.800. The number of unbranched alkanes of at least 4 members (excludes halogenated alkanes) is 5. The van der Waals surface area contributed by atoms with Crippen LogP contribution < -0.4 is 0 Å². The minimum Gasteiger partial charge on any atom is -0.0682 e. The van der Waals surface area contributed by atoms with Gasteiger partial charge < -0.3 is 0 Å². The van der Waals surface area contributed by atoms with Crippen molar-refractivity contribution in [2.24, 2.45) is 0 Å². The van der Waals surface area contributed by atoms with Gasteiger partial charge in [-0.3, -0.25) is 0 Å². The molecule has 0 heterocycles. The maximum Gasteiger partial charge on any atom is 0.136 e. The molecule has 0 saturated carbocycles. The molecule has 86 valence electrons. The molecule has 0 rings (SSSR count). The Morgan fingerprint density at radius 2 is 0.929 bits per heavy atom. The Morgan fingerprint density at radius 1 is 0.643 bits per heavy atom. The summed E-state index contributed by atoms with van der Waals surface area (Å²) in [5.74, 6) is 0. The molecule has 0 aliphatic rings. The van der Waals surface area contributed by atoms with Gasteiger partial charge in [0.05, 0.1) is 0 Å². The molecule has 0 N–H and O–H groups in total. The van der Waals surface area contributed by atoms with Crippen molar-refractivity contribution in [3.8, 4) is 0 Å². The van der Waals surface area contributed by atoms with Crippen molar-refractivity contribution in [3.05, 3.63) is 8.98 Å². The Labute approximate surface area is 108 Å². The Morgan fingerprint density at radius 3 is 1.07 bits per heavy atom. The highest BCUT2D eigenvalue weighted by Gasteiger charge is 1.88. The van der Waals surface area contributed by atoms with Gasteiger partial charge in [-0.1, -0.05) is 98.8 Å². The third-order valence-electron chi connectivity index (χ3n) is 1.60. The van der Waals surface area contributed by atoms with Crippen LogP contribution in [0.2, 0.25) is 0 Å². The summed E-state index contributed by atoms with van der Waals surface area (Å²) < 4.78 is -0.198. The lowest BCUT2D eigenvalue weighted by Gasteiger charge is -1.93. The summed E-state index contributed by atoms with van der Waals surface area (Å²) in [5.41, 5.74) is 0. The van der Waals surface area contributed by atoms with Crippen molar-refractivity contribution in [2.75, 3.05) is 0 Å². The molecule has 0 bridgehead atoms. The van der Waals surface area contributed by atoms with Gasteiger partial charge in [-0.2, -0.15) is 0 Å². The molecule has 14 heavy (non-hydrogen) atoms. The molecule has 0 aliphatic heterocycles. The smallest absolute Gasteiger partial charge is 0.0682 e. The van der Waals surface area contributed by atoms with Gasteiger partial charge in [0.2, 0.25) is 0 Å². The summed E-state index contributed by atoms with van der Waals surface area (Å²) >= 11 is 20.0. The van der Waals surface area contributed by atoms with Crippen LogP contribution in [0, 0.1) is 0 Å². The van der Waals surface area contributed by atoms with Crippen molar-refractivity contribution >= 4 is 46.4 Å². The quantitative estimate of drug-likeness (QED) is 0.508. The van der Waals surface area contributed by atoms with Crippen molar-refractivity contribution < 1.29 is 0 Å². The molecule has 0 radical (unpaired) electrons. The Balaban J connectivity index is 0. The van der Waals surface area contributed by atoms with Crippen LogP contribution in [0.15, 0.2) is 8.98 Å². The molecule has 0 aromatic carbocycles. The molecular formula is C10H18Cl4. The Hall–Kier alpha value is 0.900. The van der Waals surface area contributed by atoms with E-state index in [1.807, 2.05) is 0 Å². The van der Waals surface area contributed by atoms with Gasteiger partial charge in [-0.25, -0.2) is 0 Å². The highest BCUT2D eigenvalue weighted by molar-refractivity contribution is 6.67. The second-order valence-electron chi connectivity index (χ2n) is 2.94. The molecule has 0 amide bonds. The zero-order valence-electron chi connectivity index (χ0n) is 8.75. The second kappa shape index (κ2) is 13.9. The molecule has 0 saturated heterocycles. The summed E-state index contributed by atoms with van der Waals surface area (Å²) in [6.45, 7) is 4.51. The summed E-state index contributed by atoms with van der Waals surface area (Å²) in [6.07, 6.45) is 8.49. The maximum atomic E-state index is 4.99. The maximum absolute atomic E-state index is 4.99. The first kappa shape index (κ1) is 17.3. The van der Waals surface area contributed by atoms with Crippen LogP contribution in [0.4, 0.5) is 0 Å². The second-order valence-corrected chi connectivity index (χ2v) is 4.83. The van der Waals surface area contributed by atoms with E-state index in [1.165, 1.54) is 38.5 Å². The third-order valence-corrected chi connectivity index (χ3v) is 2.74. The van der Waals surface area contributed by atoms with Gasteiger partial charge >= 0.3 is 0 Å². The van der Waals surface area contributed by atoms with Crippen molar-refractivity contribution in [3.63, 3.8) is 0 Å². The van der Waals surface area contributed by atoms with Crippen LogP contribution in [0.25, 0.3) is 0 Å². The number of hydrogen-bond acceptors (Lipinski definition) is 0. The Bertz CT molecular complexity index is 119. The van der Waals surface area contributed by atoms with Crippen molar-refractivity contribution in [2.45, 2.75) is 52.4 Å². The molecule has 0 nitrogen and oxygen atoms in total. The third kappa shape index (κ3) is 18.6. The van der Waals surface area contributed by atoms with E-state index in [2.05, 4.69) is 13.8 Å². The van der Waals surface area contributed by atoms with Crippen LogP contribution >= 0.6 is 46.4 Å². The molecule has 0 unspecified atom stereocenters. The molecule has 0 fully saturated rings. The lowest BCUT2D eigenvalue weighted by Crippen LogP contribution is -1.73. The summed E-state index contributed by atoms with van der Waals surface area (Å²) in [4.78, 5) is 0. The predicted molar refractivity (Wildman–Crippen MR) is 69.5 cm³/mol.